The summed E-state index contributed by atoms with van der Waals surface area (Å²) in [4.78, 5) is 60.7. The van der Waals surface area contributed by atoms with E-state index in [2.05, 4.69) is 6.07 Å². The fraction of sp³-hybridized carbons (Fsp3) is 0. The second kappa shape index (κ2) is 29.2. The van der Waals surface area contributed by atoms with Crippen molar-refractivity contribution in [1.29, 1.82) is 5.26 Å². The second-order valence-electron chi connectivity index (χ2n) is 27.7. The predicted molar refractivity (Wildman–Crippen MR) is 444 cm³/mol. The maximum absolute atomic E-state index is 18.0. The molecule has 0 atom stereocenters. The number of nitrogens with zero attached hydrogens (tertiary/aromatic N) is 15. The van der Waals surface area contributed by atoms with Gasteiger partial charge in [0.2, 0.25) is 5.82 Å². The Hall–Kier alpha value is -16.1. The molecule has 0 unspecified atom stereocenters. The Balaban J connectivity index is 0.894. The first-order valence-corrected chi connectivity index (χ1v) is 37.3. The van der Waals surface area contributed by atoms with Crippen molar-refractivity contribution in [3.63, 3.8) is 0 Å². The van der Waals surface area contributed by atoms with Crippen LogP contribution in [0.1, 0.15) is 5.56 Å². The van der Waals surface area contributed by atoms with Gasteiger partial charge in [-0.15, -0.1) is 0 Å². The zero-order valence-electron chi connectivity index (χ0n) is 61.3. The first-order valence-electron chi connectivity index (χ1n) is 37.3. The molecule has 0 spiro atoms. The summed E-state index contributed by atoms with van der Waals surface area (Å²) in [5, 5.41) is 14.6. The molecular weight excluding hydrogens is 1470 g/mol. The minimum absolute atomic E-state index is 0.0491. The predicted octanol–water partition coefficient (Wildman–Crippen LogP) is 22.9. The zero-order valence-corrected chi connectivity index (χ0v) is 61.3. The molecule has 552 valence electrons. The Labute approximate surface area is 663 Å². The lowest BCUT2D eigenvalue weighted by Gasteiger charge is -2.20. The molecule has 0 amide bonds. The third kappa shape index (κ3) is 12.8. The highest BCUT2D eigenvalue weighted by Crippen LogP contribution is 2.46. The van der Waals surface area contributed by atoms with Crippen LogP contribution in [0.15, 0.2) is 328 Å². The fourth-order valence-electron chi connectivity index (χ4n) is 14.9. The van der Waals surface area contributed by atoms with E-state index in [0.717, 1.165) is 0 Å². The maximum atomic E-state index is 18.0. The lowest BCUT2D eigenvalue weighted by Crippen LogP contribution is -2.09. The Morgan fingerprint density at radius 2 is 0.402 bits per heavy atom. The van der Waals surface area contributed by atoms with Crippen LogP contribution in [0.25, 0.3) is 203 Å². The number of hydrogen-bond acceptors (Lipinski definition) is 13. The lowest BCUT2D eigenvalue weighted by molar-refractivity contribution is 0.381. The Bertz CT molecular complexity index is 6740. The molecule has 0 aliphatic heterocycles. The smallest absolute Gasteiger partial charge is 0.200 e. The Kier molecular flexibility index (Phi) is 17.5. The van der Waals surface area contributed by atoms with E-state index in [9.17, 15) is 5.26 Å². The van der Waals surface area contributed by atoms with Crippen LogP contribution in [0.4, 0.5) is 22.0 Å². The second-order valence-corrected chi connectivity index (χ2v) is 27.7. The van der Waals surface area contributed by atoms with Crippen LogP contribution in [-0.4, -0.2) is 68.9 Å². The van der Waals surface area contributed by atoms with Crippen molar-refractivity contribution in [2.75, 3.05) is 0 Å². The van der Waals surface area contributed by atoms with Crippen molar-refractivity contribution in [3.8, 4) is 165 Å². The quantitative estimate of drug-likeness (QED) is 0.0536. The third-order valence-corrected chi connectivity index (χ3v) is 20.6. The van der Waals surface area contributed by atoms with Gasteiger partial charge in [0.05, 0.1) is 44.6 Å². The lowest BCUT2D eigenvalue weighted by atomic mass is 9.97. The van der Waals surface area contributed by atoms with Gasteiger partial charge in [0, 0.05) is 93.9 Å². The first-order chi connectivity index (χ1) is 57.5. The number of halogens is 5. The minimum Gasteiger partial charge on any atom is -0.309 e. The van der Waals surface area contributed by atoms with Gasteiger partial charge in [-0.2, -0.15) is 5.26 Å². The van der Waals surface area contributed by atoms with Crippen LogP contribution in [0.3, 0.4) is 0 Å². The average molecular weight is 1520 g/mol. The van der Waals surface area contributed by atoms with E-state index in [1.165, 1.54) is 12.1 Å². The summed E-state index contributed by atoms with van der Waals surface area (Å²) < 4.78 is 89.0. The van der Waals surface area contributed by atoms with Gasteiger partial charge < -0.3 is 9.13 Å². The van der Waals surface area contributed by atoms with Crippen molar-refractivity contribution in [2.45, 2.75) is 0 Å². The molecule has 6 aromatic heterocycles. The summed E-state index contributed by atoms with van der Waals surface area (Å²) in [5.74, 6) is -7.24. The van der Waals surface area contributed by atoms with E-state index in [4.69, 9.17) is 59.8 Å². The molecule has 20 rings (SSSR count). The summed E-state index contributed by atoms with van der Waals surface area (Å²) in [7, 11) is 0. The molecular formula is C97H54F5N15. The van der Waals surface area contributed by atoms with Crippen molar-refractivity contribution in [1.82, 2.24) is 68.9 Å². The Morgan fingerprint density at radius 1 is 0.205 bits per heavy atom. The molecule has 0 saturated carbocycles. The molecule has 117 heavy (non-hydrogen) atoms. The van der Waals surface area contributed by atoms with Crippen molar-refractivity contribution in [2.24, 2.45) is 0 Å². The van der Waals surface area contributed by atoms with Crippen LogP contribution in [0.5, 0.6) is 0 Å². The van der Waals surface area contributed by atoms with Crippen LogP contribution < -0.4 is 0 Å². The van der Waals surface area contributed by atoms with Gasteiger partial charge in [-0.05, 0) is 36.4 Å². The van der Waals surface area contributed by atoms with Gasteiger partial charge in [0.15, 0.2) is 93.2 Å². The van der Waals surface area contributed by atoms with E-state index in [-0.39, 0.29) is 40.2 Å². The highest BCUT2D eigenvalue weighted by Gasteiger charge is 2.32. The summed E-state index contributed by atoms with van der Waals surface area (Å²) in [6, 6.07) is 103. The van der Waals surface area contributed by atoms with Gasteiger partial charge in [0.1, 0.15) is 6.07 Å². The summed E-state index contributed by atoms with van der Waals surface area (Å²) in [6.45, 7) is 0. The SMILES string of the molecule is N#Cc1cc(-n2c3cc(-c4nc(-c5ccccc5)nc(-c5ccccc5)n4)ccc3c3ccc(-c4nc(-c5ccccc5)nc(-c5ccccc5)n4)cc32)c(-c2c(F)c(F)c(F)c(F)c2F)cc1-n1c2cc(-c3nc(-c4ccccc4)nc(-c4ccccc4)n3)ccc2c2ccc(-c3nc(-c4ccccc4)nc(-c4ccccc4)n3)cc21. The van der Waals surface area contributed by atoms with E-state index in [1.54, 1.807) is 21.3 Å². The summed E-state index contributed by atoms with van der Waals surface area (Å²) in [5.41, 5.74) is 6.68. The van der Waals surface area contributed by atoms with E-state index < -0.39 is 40.2 Å². The number of rotatable bonds is 15. The first kappa shape index (κ1) is 70.0. The third-order valence-electron chi connectivity index (χ3n) is 20.6. The van der Waals surface area contributed by atoms with Gasteiger partial charge >= 0.3 is 0 Å². The topological polar surface area (TPSA) is 188 Å². The normalized spacial score (nSPS) is 11.5. The number of nitriles is 1. The zero-order chi connectivity index (χ0) is 78.8. The van der Waals surface area contributed by atoms with Gasteiger partial charge in [-0.1, -0.05) is 291 Å². The van der Waals surface area contributed by atoms with Gasteiger partial charge in [-0.3, -0.25) is 0 Å². The standard InChI is InChI=1S/C97H54F5N15/c98-81-80(82(99)84(101)85(102)83(81)100)73-54-74(116-75-49-64(94-108-86(56-25-9-1-10-26-56)104-87(109-94)57-27-11-2-12-28-57)41-45-69(75)70-46-42-65(50-76(70)116)95-110-88(58-29-13-3-14-30-58)105-89(111-95)59-31-15-4-16-32-59)68(55-103)53-79(73)117-77-51-66(96-112-90(60-33-17-5-18-34-60)106-91(113-96)61-35-19-6-20-36-61)43-47-71(77)72-48-44-67(52-78(72)117)97-114-92(62-37-21-7-22-38-62)107-93(115-97)63-39-23-8-24-40-63/h1-54H. The van der Waals surface area contributed by atoms with Crippen molar-refractivity contribution < 1.29 is 22.0 Å². The molecule has 0 radical (unpaired) electrons. The van der Waals surface area contributed by atoms with E-state index >= 15 is 22.0 Å². The van der Waals surface area contributed by atoms with Crippen LogP contribution in [0.2, 0.25) is 0 Å². The number of fused-ring (bicyclic) bond motifs is 6. The van der Waals surface area contributed by atoms with E-state index in [0.29, 0.717) is 157 Å². The molecule has 20 aromatic rings. The van der Waals surface area contributed by atoms with Gasteiger partial charge in [0.25, 0.3) is 0 Å². The molecule has 0 aliphatic carbocycles. The average Bonchev–Trinajstić information content (AvgIpc) is 1.59. The van der Waals surface area contributed by atoms with E-state index in [1.807, 2.05) is 303 Å². The molecule has 0 bridgehead atoms. The molecule has 0 fully saturated rings. The molecule has 0 aliphatic rings. The number of aromatic nitrogens is 14. The monoisotopic (exact) mass is 1520 g/mol. The maximum Gasteiger partial charge on any atom is 0.200 e. The minimum atomic E-state index is -2.38. The van der Waals surface area contributed by atoms with Crippen LogP contribution in [0, 0.1) is 40.4 Å². The van der Waals surface area contributed by atoms with Gasteiger partial charge in [-0.25, -0.2) is 81.8 Å². The largest absolute Gasteiger partial charge is 0.309 e. The van der Waals surface area contributed by atoms with Crippen molar-refractivity contribution in [3.05, 3.63) is 362 Å². The number of hydrogen-bond donors (Lipinski definition) is 0. The fourth-order valence-corrected chi connectivity index (χ4v) is 14.9. The van der Waals surface area contributed by atoms with Crippen molar-refractivity contribution >= 4 is 43.6 Å². The molecule has 15 nitrogen and oxygen atoms in total. The van der Waals surface area contributed by atoms with Crippen LogP contribution >= 0.6 is 0 Å². The molecule has 0 N–H and O–H groups in total. The number of benzene rings is 14. The highest BCUT2D eigenvalue weighted by molar-refractivity contribution is 6.13. The Morgan fingerprint density at radius 3 is 0.615 bits per heavy atom. The molecule has 14 aromatic carbocycles. The molecule has 0 saturated heterocycles. The summed E-state index contributed by atoms with van der Waals surface area (Å²) in [6.07, 6.45) is 0. The van der Waals surface area contributed by atoms with Crippen LogP contribution in [-0.2, 0) is 0 Å². The summed E-state index contributed by atoms with van der Waals surface area (Å²) >= 11 is 0. The molecule has 20 heteroatoms. The highest BCUT2D eigenvalue weighted by atomic mass is 19.2. The molecule has 6 heterocycles.